The number of carboxylic acids is 1. The molecule has 8 heteroatoms. The van der Waals surface area contributed by atoms with Crippen LogP contribution in [0.4, 0.5) is 0 Å². The monoisotopic (exact) mass is 337 g/mol. The van der Waals surface area contributed by atoms with Gasteiger partial charge in [-0.05, 0) is 25.3 Å². The lowest BCUT2D eigenvalue weighted by Crippen LogP contribution is -2.61. The predicted octanol–water partition coefficient (Wildman–Crippen LogP) is -0.118. The lowest BCUT2D eigenvalue weighted by Gasteiger charge is -2.44. The second-order valence-electron chi connectivity index (χ2n) is 6.74. The van der Waals surface area contributed by atoms with Crippen LogP contribution >= 0.6 is 0 Å². The molecule has 1 amide bonds. The summed E-state index contributed by atoms with van der Waals surface area (Å²) in [5.74, 6) is -1.50. The van der Waals surface area contributed by atoms with E-state index in [1.165, 1.54) is 12.0 Å². The number of likely N-dealkylation sites (tertiary alicyclic amines) is 1. The molecule has 0 bridgehead atoms. The molecule has 8 nitrogen and oxygen atoms in total. The summed E-state index contributed by atoms with van der Waals surface area (Å²) in [6, 6.07) is -0.244. The van der Waals surface area contributed by atoms with Crippen LogP contribution in [0.2, 0.25) is 0 Å². The number of amidine groups is 1. The molecule has 3 aliphatic heterocycles. The van der Waals surface area contributed by atoms with Gasteiger partial charge in [-0.15, -0.1) is 0 Å². The molecule has 3 N–H and O–H groups in total. The molecule has 24 heavy (non-hydrogen) atoms. The van der Waals surface area contributed by atoms with Gasteiger partial charge in [-0.1, -0.05) is 0 Å². The Morgan fingerprint density at radius 3 is 2.79 bits per heavy atom. The van der Waals surface area contributed by atoms with E-state index in [1.807, 2.05) is 4.90 Å². The number of fused-ring (bicyclic) bond motifs is 1. The van der Waals surface area contributed by atoms with E-state index in [-0.39, 0.29) is 30.2 Å². The smallest absolute Gasteiger partial charge is 0.352 e. The Kier molecular flexibility index (Phi) is 4.35. The summed E-state index contributed by atoms with van der Waals surface area (Å²) in [5, 5.41) is 27.3. The third-order valence-electron chi connectivity index (χ3n) is 5.31. The van der Waals surface area contributed by atoms with Crippen molar-refractivity contribution >= 4 is 17.7 Å². The Bertz CT molecular complexity index is 615. The van der Waals surface area contributed by atoms with E-state index in [4.69, 9.17) is 10.1 Å². The van der Waals surface area contributed by atoms with E-state index in [1.54, 1.807) is 6.92 Å². The van der Waals surface area contributed by atoms with E-state index in [9.17, 15) is 19.8 Å². The molecular formula is C16H23N3O5. The minimum absolute atomic E-state index is 0.0151. The van der Waals surface area contributed by atoms with Gasteiger partial charge in [0.2, 0.25) is 5.91 Å². The second kappa shape index (κ2) is 6.18. The fourth-order valence-corrected chi connectivity index (χ4v) is 4.18. The van der Waals surface area contributed by atoms with Gasteiger partial charge >= 0.3 is 5.97 Å². The number of aliphatic hydroxyl groups excluding tert-OH is 1. The average Bonchev–Trinajstić information content (AvgIpc) is 3.09. The molecule has 0 unspecified atom stereocenters. The number of rotatable bonds is 5. The van der Waals surface area contributed by atoms with Crippen molar-refractivity contribution < 1.29 is 24.5 Å². The van der Waals surface area contributed by atoms with Gasteiger partial charge in [0.25, 0.3) is 0 Å². The van der Waals surface area contributed by atoms with Crippen molar-refractivity contribution in [1.29, 1.82) is 5.41 Å². The molecule has 0 saturated carbocycles. The Balaban J connectivity index is 1.79. The maximum atomic E-state index is 12.2. The van der Waals surface area contributed by atoms with E-state index in [2.05, 4.69) is 0 Å². The molecule has 0 aromatic rings. The summed E-state index contributed by atoms with van der Waals surface area (Å²) >= 11 is 0. The van der Waals surface area contributed by atoms with Crippen LogP contribution in [0.1, 0.15) is 19.8 Å². The number of hydrogen-bond donors (Lipinski definition) is 3. The predicted molar refractivity (Wildman–Crippen MR) is 84.4 cm³/mol. The first kappa shape index (κ1) is 16.9. The van der Waals surface area contributed by atoms with Gasteiger partial charge in [-0.25, -0.2) is 4.79 Å². The molecule has 3 heterocycles. The molecule has 4 atom stereocenters. The van der Waals surface area contributed by atoms with Gasteiger partial charge in [0.05, 0.1) is 18.1 Å². The number of amides is 1. The van der Waals surface area contributed by atoms with Crippen LogP contribution in [0.15, 0.2) is 11.3 Å². The second-order valence-corrected chi connectivity index (χ2v) is 6.74. The Hall–Kier alpha value is -1.93. The van der Waals surface area contributed by atoms with E-state index >= 15 is 0 Å². The zero-order valence-corrected chi connectivity index (χ0v) is 13.9. The molecule has 0 aliphatic carbocycles. The first-order chi connectivity index (χ1) is 11.4. The Morgan fingerprint density at radius 1 is 1.50 bits per heavy atom. The molecule has 2 fully saturated rings. The van der Waals surface area contributed by atoms with E-state index in [0.717, 1.165) is 12.0 Å². The van der Waals surface area contributed by atoms with Crippen LogP contribution in [0, 0.1) is 17.2 Å². The number of β-lactam (4-membered cyclic amide) rings is 1. The third kappa shape index (κ3) is 2.50. The molecular weight excluding hydrogens is 314 g/mol. The van der Waals surface area contributed by atoms with Crippen LogP contribution in [0.25, 0.3) is 0 Å². The highest BCUT2D eigenvalue weighted by Gasteiger charge is 2.57. The number of aliphatic carboxylic acids is 1. The van der Waals surface area contributed by atoms with Crippen LogP contribution in [0.5, 0.6) is 0 Å². The normalized spacial score (nSPS) is 30.5. The molecule has 0 radical (unpaired) electrons. The molecule has 3 rings (SSSR count). The lowest BCUT2D eigenvalue weighted by molar-refractivity contribution is -0.161. The number of methoxy groups -OCH3 is 1. The first-order valence-corrected chi connectivity index (χ1v) is 8.15. The standard InChI is InChI=1S/C16H23N3O5/c1-8(20)13-11-5-10(14(16(22)23)19(11)15(13)21)9-3-4-18(6-9)12(17)7-24-2/h8-9,11,13,17,20H,3-7H2,1-2H3,(H,22,23)/t8-,9-,11-,13-/m1/s1. The molecule has 3 aliphatic rings. The summed E-state index contributed by atoms with van der Waals surface area (Å²) in [7, 11) is 1.54. The number of nitrogens with zero attached hydrogens (tertiary/aromatic N) is 2. The summed E-state index contributed by atoms with van der Waals surface area (Å²) < 4.78 is 4.98. The number of carboxylic acid groups (broad SMARTS) is 1. The topological polar surface area (TPSA) is 114 Å². The summed E-state index contributed by atoms with van der Waals surface area (Å²) in [6.07, 6.45) is 0.480. The molecule has 0 spiro atoms. The highest BCUT2D eigenvalue weighted by molar-refractivity contribution is 5.99. The van der Waals surface area contributed by atoms with Gasteiger partial charge in [0.1, 0.15) is 18.1 Å². The number of ether oxygens (including phenoxy) is 1. The van der Waals surface area contributed by atoms with Gasteiger partial charge < -0.3 is 24.7 Å². The largest absolute Gasteiger partial charge is 0.477 e. The lowest BCUT2D eigenvalue weighted by atomic mass is 9.82. The van der Waals surface area contributed by atoms with E-state index < -0.39 is 18.0 Å². The van der Waals surface area contributed by atoms with Gasteiger partial charge in [-0.3, -0.25) is 10.2 Å². The molecule has 132 valence electrons. The van der Waals surface area contributed by atoms with Gasteiger partial charge in [0.15, 0.2) is 0 Å². The summed E-state index contributed by atoms with van der Waals surface area (Å²) in [4.78, 5) is 27.2. The molecule has 0 aromatic heterocycles. The van der Waals surface area contributed by atoms with Gasteiger partial charge in [0, 0.05) is 26.1 Å². The number of carbonyl (C=O) groups is 2. The number of aliphatic hydroxyl groups is 1. The zero-order chi connectivity index (χ0) is 17.6. The van der Waals surface area contributed by atoms with Crippen molar-refractivity contribution in [3.05, 3.63) is 11.3 Å². The van der Waals surface area contributed by atoms with Crippen molar-refractivity contribution in [3.63, 3.8) is 0 Å². The van der Waals surface area contributed by atoms with Crippen molar-refractivity contribution in [2.45, 2.75) is 31.9 Å². The highest BCUT2D eigenvalue weighted by Crippen LogP contribution is 2.47. The molecule has 0 aromatic carbocycles. The minimum atomic E-state index is -1.09. The SMILES string of the molecule is COCC(=N)N1CC[C@@H](C2=C(C(=O)O)N3C(=O)[C@H]([C@@H](C)O)[C@H]3C2)C1. The summed E-state index contributed by atoms with van der Waals surface area (Å²) in [6.45, 7) is 3.06. The van der Waals surface area contributed by atoms with Crippen LogP contribution in [-0.4, -0.2) is 76.7 Å². The van der Waals surface area contributed by atoms with Crippen LogP contribution < -0.4 is 0 Å². The quantitative estimate of drug-likeness (QED) is 0.366. The number of nitrogens with one attached hydrogen (secondary N) is 1. The number of carbonyl (C=O) groups excluding carboxylic acids is 1. The fraction of sp³-hybridized carbons (Fsp3) is 0.688. The van der Waals surface area contributed by atoms with Crippen LogP contribution in [0.3, 0.4) is 0 Å². The van der Waals surface area contributed by atoms with E-state index in [0.29, 0.717) is 25.3 Å². The Morgan fingerprint density at radius 2 is 2.21 bits per heavy atom. The van der Waals surface area contributed by atoms with Gasteiger partial charge in [-0.2, -0.15) is 0 Å². The number of hydrogen-bond acceptors (Lipinski definition) is 5. The molecule has 2 saturated heterocycles. The first-order valence-electron chi connectivity index (χ1n) is 8.15. The summed E-state index contributed by atoms with van der Waals surface area (Å²) in [5.41, 5.74) is 0.865. The average molecular weight is 337 g/mol. The third-order valence-corrected chi connectivity index (χ3v) is 5.31. The van der Waals surface area contributed by atoms with Crippen molar-refractivity contribution in [2.24, 2.45) is 11.8 Å². The Labute approximate surface area is 140 Å². The van der Waals surface area contributed by atoms with Crippen LogP contribution in [-0.2, 0) is 14.3 Å². The fourth-order valence-electron chi connectivity index (χ4n) is 4.18. The maximum Gasteiger partial charge on any atom is 0.352 e. The van der Waals surface area contributed by atoms with Crippen molar-refractivity contribution in [3.8, 4) is 0 Å². The maximum absolute atomic E-state index is 12.2. The highest BCUT2D eigenvalue weighted by atomic mass is 16.5. The minimum Gasteiger partial charge on any atom is -0.477 e. The van der Waals surface area contributed by atoms with Crippen molar-refractivity contribution in [1.82, 2.24) is 9.80 Å². The zero-order valence-electron chi connectivity index (χ0n) is 13.9. The van der Waals surface area contributed by atoms with Crippen molar-refractivity contribution in [2.75, 3.05) is 26.8 Å².